The van der Waals surface area contributed by atoms with Crippen LogP contribution < -0.4 is 0 Å². The van der Waals surface area contributed by atoms with Crippen LogP contribution in [0.2, 0.25) is 0 Å². The van der Waals surface area contributed by atoms with E-state index in [-0.39, 0.29) is 53.6 Å². The van der Waals surface area contributed by atoms with Crippen molar-refractivity contribution >= 4 is 0 Å². The van der Waals surface area contributed by atoms with Gasteiger partial charge in [-0.1, -0.05) is 0 Å². The van der Waals surface area contributed by atoms with Gasteiger partial charge in [-0.3, -0.25) is 0 Å². The molecule has 0 atom stereocenters. The summed E-state index contributed by atoms with van der Waals surface area (Å²) in [4.78, 5) is 0. The fourth-order valence-corrected chi connectivity index (χ4v) is 0. The van der Waals surface area contributed by atoms with Gasteiger partial charge in [-0.05, 0) is 0 Å². The van der Waals surface area contributed by atoms with Crippen LogP contribution >= 0.6 is 0 Å². The van der Waals surface area contributed by atoms with Crippen molar-refractivity contribution in [2.75, 3.05) is 0 Å². The van der Waals surface area contributed by atoms with Crippen LogP contribution in [0.25, 0.3) is 0 Å². The van der Waals surface area contributed by atoms with E-state index in [0.29, 0.717) is 0 Å². The molecule has 0 unspecified atom stereocenters. The first-order chi connectivity index (χ1) is 0. The van der Waals surface area contributed by atoms with E-state index in [1.165, 1.54) is 0 Å². The summed E-state index contributed by atoms with van der Waals surface area (Å²) in [6, 6.07) is 0. The van der Waals surface area contributed by atoms with Crippen LogP contribution in [0.1, 0.15) is 0 Å². The number of hydrogen-bond donors (Lipinski definition) is 0. The molecule has 5 nitrogen and oxygen atoms in total. The van der Waals surface area contributed by atoms with Crippen molar-refractivity contribution in [1.29, 1.82) is 0 Å². The molecule has 6 heavy (non-hydrogen) atoms. The van der Waals surface area contributed by atoms with Crippen molar-refractivity contribution in [3.05, 3.63) is 0 Å². The van der Waals surface area contributed by atoms with Crippen molar-refractivity contribution < 1.29 is 53.6 Å². The van der Waals surface area contributed by atoms with Gasteiger partial charge in [0.15, 0.2) is 0 Å². The van der Waals surface area contributed by atoms with Gasteiger partial charge < -0.3 is 27.4 Å². The third-order valence-corrected chi connectivity index (χ3v) is 0. The van der Waals surface area contributed by atoms with Crippen molar-refractivity contribution in [3.63, 3.8) is 0 Å². The predicted octanol–water partition coefficient (Wildman–Crippen LogP) is -2.71. The Bertz CT molecular complexity index is 3.90. The maximum Gasteiger partial charge on any atom is 4.00 e. The van der Waals surface area contributed by atoms with Crippen LogP contribution in [0.4, 0.5) is 0 Å². The van der Waals surface area contributed by atoms with Gasteiger partial charge in [0.1, 0.15) is 0 Å². The van der Waals surface area contributed by atoms with Crippen LogP contribution in [0.5, 0.6) is 0 Å². The van der Waals surface area contributed by atoms with Gasteiger partial charge in [-0.15, -0.1) is 0 Å². The minimum atomic E-state index is 0. The van der Waals surface area contributed by atoms with E-state index in [4.69, 9.17) is 0 Å². The van der Waals surface area contributed by atoms with Crippen LogP contribution in [0, 0.1) is 0 Å². The Hall–Kier alpha value is 0.683. The zero-order chi connectivity index (χ0) is 0. The van der Waals surface area contributed by atoms with Crippen LogP contribution in [-0.4, -0.2) is 16.4 Å². The molecule has 0 saturated heterocycles. The molecule has 0 radical (unpaired) electrons. The van der Waals surface area contributed by atoms with E-state index in [1.807, 2.05) is 0 Å². The summed E-state index contributed by atoms with van der Waals surface area (Å²) in [5.74, 6) is 0. The summed E-state index contributed by atoms with van der Waals surface area (Å²) in [7, 11) is 0. The van der Waals surface area contributed by atoms with E-state index in [0.717, 1.165) is 0 Å². The third-order valence-electron chi connectivity index (χ3n) is 0. The molecule has 0 aliphatic heterocycles. The topological polar surface area (TPSA) is 152 Å². The molecule has 6 heteroatoms. The van der Waals surface area contributed by atoms with Crippen molar-refractivity contribution in [1.82, 2.24) is 0 Å². The molecule has 6 N–H and O–H groups in total. The summed E-state index contributed by atoms with van der Waals surface area (Å²) >= 11 is 0. The fourth-order valence-electron chi connectivity index (χ4n) is 0. The molecule has 0 bridgehead atoms. The van der Waals surface area contributed by atoms with Gasteiger partial charge >= 0.3 is 26.2 Å². The van der Waals surface area contributed by atoms with Gasteiger partial charge in [-0.25, -0.2) is 0 Å². The van der Waals surface area contributed by atoms with Gasteiger partial charge in [0, 0.05) is 0 Å². The van der Waals surface area contributed by atoms with Gasteiger partial charge in [0.25, 0.3) is 0 Å². The quantitative estimate of drug-likeness (QED) is 0.377. The molecule has 0 aromatic heterocycles. The van der Waals surface area contributed by atoms with Crippen molar-refractivity contribution in [2.45, 2.75) is 0 Å². The second kappa shape index (κ2) is 267. The SMILES string of the molecule is O.O.O.[O-2].[O-2].[Zr+4]. The van der Waals surface area contributed by atoms with Gasteiger partial charge in [0.2, 0.25) is 0 Å². The molecule has 0 aliphatic carbocycles. The summed E-state index contributed by atoms with van der Waals surface area (Å²) in [5, 5.41) is 0. The van der Waals surface area contributed by atoms with Crippen LogP contribution in [0.3, 0.4) is 0 Å². The Kier molecular flexibility index (Phi) is 20600. The molecule has 0 rings (SSSR count). The second-order valence-electron chi connectivity index (χ2n) is 0. The Morgan fingerprint density at radius 3 is 0.500 bits per heavy atom. The smallest absolute Gasteiger partial charge is 2.00 e. The Labute approximate surface area is 54.0 Å². The van der Waals surface area contributed by atoms with E-state index in [9.17, 15) is 0 Å². The zero-order valence-electron chi connectivity index (χ0n) is 2.82. The average Bonchev–Trinajstić information content (AvgIpc) is 0. The molecule has 0 saturated carbocycles. The van der Waals surface area contributed by atoms with Gasteiger partial charge in [-0.2, -0.15) is 0 Å². The largest absolute Gasteiger partial charge is 4.00 e. The number of hydrogen-bond acceptors (Lipinski definition) is 0. The minimum absolute atomic E-state index is 0. The Balaban J connectivity index is 0. The van der Waals surface area contributed by atoms with E-state index in [1.54, 1.807) is 0 Å². The second-order valence-corrected chi connectivity index (χ2v) is 0. The van der Waals surface area contributed by atoms with Crippen molar-refractivity contribution in [2.24, 2.45) is 0 Å². The molecule has 0 aromatic rings. The average molecular weight is 177 g/mol. The Morgan fingerprint density at radius 1 is 0.500 bits per heavy atom. The summed E-state index contributed by atoms with van der Waals surface area (Å²) in [6.45, 7) is 0. The molecule has 0 fully saturated rings. The summed E-state index contributed by atoms with van der Waals surface area (Å²) in [6.07, 6.45) is 0. The van der Waals surface area contributed by atoms with Crippen molar-refractivity contribution in [3.8, 4) is 0 Å². The molecule has 0 aromatic carbocycles. The summed E-state index contributed by atoms with van der Waals surface area (Å²) in [5.41, 5.74) is 0. The molecule has 0 heterocycles. The molecule has 0 amide bonds. The van der Waals surface area contributed by atoms with E-state index >= 15 is 0 Å². The first-order valence-electron chi connectivity index (χ1n) is 0. The molecular formula is H6O5Zr. The molecule has 40 valence electrons. The summed E-state index contributed by atoms with van der Waals surface area (Å²) < 4.78 is 0. The predicted molar refractivity (Wildman–Crippen MR) is 12.2 cm³/mol. The van der Waals surface area contributed by atoms with E-state index < -0.39 is 0 Å². The third kappa shape index (κ3) is 136. The Morgan fingerprint density at radius 2 is 0.500 bits per heavy atom. The van der Waals surface area contributed by atoms with Crippen LogP contribution in [-0.2, 0) is 37.2 Å². The zero-order valence-corrected chi connectivity index (χ0v) is 5.27. The number of rotatable bonds is 0. The first kappa shape index (κ1) is 463. The monoisotopic (exact) mass is 176 g/mol. The molecule has 0 spiro atoms. The fraction of sp³-hybridized carbons (Fsp3) is 0. The van der Waals surface area contributed by atoms with Crippen LogP contribution in [0.15, 0.2) is 0 Å². The first-order valence-corrected chi connectivity index (χ1v) is 0. The van der Waals surface area contributed by atoms with Gasteiger partial charge in [0.05, 0.1) is 0 Å². The molecular weight excluding hydrogens is 171 g/mol. The normalized spacial score (nSPS) is 0. The van der Waals surface area contributed by atoms with E-state index in [2.05, 4.69) is 0 Å². The maximum absolute atomic E-state index is 0. The maximum atomic E-state index is 0. The molecule has 0 aliphatic rings. The standard InChI is InChI=1S/3H2O.2O.Zr/h3*1H2;;;/q;;;2*-2;+4. The minimum Gasteiger partial charge on any atom is -2.00 e.